The second-order valence-electron chi connectivity index (χ2n) is 7.33. The molecule has 0 spiro atoms. The maximum atomic E-state index is 13.2. The van der Waals surface area contributed by atoms with E-state index in [1.165, 1.54) is 6.20 Å². The summed E-state index contributed by atoms with van der Waals surface area (Å²) in [7, 11) is 3.11. The van der Waals surface area contributed by atoms with Gasteiger partial charge < -0.3 is 19.7 Å². The van der Waals surface area contributed by atoms with E-state index in [0.717, 1.165) is 11.1 Å². The van der Waals surface area contributed by atoms with Crippen LogP contribution < -0.4 is 14.8 Å². The predicted octanol–water partition coefficient (Wildman–Crippen LogP) is 4.48. The minimum absolute atomic E-state index is 0.0412. The van der Waals surface area contributed by atoms with Crippen LogP contribution in [0.5, 0.6) is 11.5 Å². The molecule has 1 aliphatic heterocycles. The summed E-state index contributed by atoms with van der Waals surface area (Å²) >= 11 is 5.87. The van der Waals surface area contributed by atoms with E-state index in [9.17, 15) is 9.59 Å². The molecule has 1 aromatic heterocycles. The minimum Gasteiger partial charge on any atom is -0.493 e. The Morgan fingerprint density at radius 3 is 2.59 bits per heavy atom. The highest BCUT2D eigenvalue weighted by Crippen LogP contribution is 2.37. The van der Waals surface area contributed by atoms with Crippen molar-refractivity contribution in [2.45, 2.75) is 19.0 Å². The van der Waals surface area contributed by atoms with E-state index >= 15 is 0 Å². The van der Waals surface area contributed by atoms with Crippen molar-refractivity contribution >= 4 is 29.2 Å². The summed E-state index contributed by atoms with van der Waals surface area (Å²) in [5, 5.41) is 3.26. The molecule has 2 amide bonds. The fourth-order valence-corrected chi connectivity index (χ4v) is 3.93. The van der Waals surface area contributed by atoms with Crippen LogP contribution in [0.2, 0.25) is 5.02 Å². The van der Waals surface area contributed by atoms with Gasteiger partial charge in [0.25, 0.3) is 5.91 Å². The van der Waals surface area contributed by atoms with Crippen LogP contribution >= 0.6 is 11.6 Å². The number of halogens is 1. The van der Waals surface area contributed by atoms with Crippen molar-refractivity contribution in [2.24, 2.45) is 0 Å². The summed E-state index contributed by atoms with van der Waals surface area (Å²) in [5.41, 5.74) is 2.35. The average molecular weight is 452 g/mol. The summed E-state index contributed by atoms with van der Waals surface area (Å²) in [4.78, 5) is 31.9. The molecule has 0 saturated heterocycles. The molecular formula is C24H22ClN3O4. The lowest BCUT2D eigenvalue weighted by Gasteiger charge is -2.28. The first-order chi connectivity index (χ1) is 15.5. The molecule has 4 rings (SSSR count). The van der Waals surface area contributed by atoms with Crippen LogP contribution in [0.15, 0.2) is 60.8 Å². The number of carbonyl (C=O) groups excluding carboxylic acids is 2. The molecule has 0 fully saturated rings. The quantitative estimate of drug-likeness (QED) is 0.573. The molecule has 8 heteroatoms. The zero-order valence-corrected chi connectivity index (χ0v) is 18.4. The number of fused-ring (bicyclic) bond motifs is 1. The number of hydrogen-bond donors (Lipinski definition) is 1. The number of aromatic nitrogens is 1. The SMILES string of the molecule is COc1ccc(C(CC(=O)Nc2ccc(Cl)cn2)N2Cc3ccccc3C2=O)cc1OC. The van der Waals surface area contributed by atoms with Gasteiger partial charge in [0.1, 0.15) is 5.82 Å². The molecule has 3 aromatic rings. The predicted molar refractivity (Wildman–Crippen MR) is 121 cm³/mol. The summed E-state index contributed by atoms with van der Waals surface area (Å²) < 4.78 is 10.8. The van der Waals surface area contributed by atoms with Crippen molar-refractivity contribution in [1.29, 1.82) is 0 Å². The highest BCUT2D eigenvalue weighted by molar-refractivity contribution is 6.30. The van der Waals surface area contributed by atoms with Crippen molar-refractivity contribution in [1.82, 2.24) is 9.88 Å². The molecule has 32 heavy (non-hydrogen) atoms. The number of rotatable bonds is 7. The molecule has 0 bridgehead atoms. The molecule has 1 unspecified atom stereocenters. The standard InChI is InChI=1S/C24H22ClN3O4/c1-31-20-9-7-15(11-21(20)32-2)19(12-23(29)27-22-10-8-17(25)13-26-22)28-14-16-5-3-4-6-18(16)24(28)30/h3-11,13,19H,12,14H2,1-2H3,(H,26,27,29). The lowest BCUT2D eigenvalue weighted by atomic mass is 10.0. The van der Waals surface area contributed by atoms with E-state index in [1.54, 1.807) is 49.5 Å². The number of methoxy groups -OCH3 is 2. The van der Waals surface area contributed by atoms with Gasteiger partial charge >= 0.3 is 0 Å². The van der Waals surface area contributed by atoms with Crippen LogP contribution in [0.4, 0.5) is 5.82 Å². The van der Waals surface area contributed by atoms with E-state index < -0.39 is 6.04 Å². The Hall–Kier alpha value is -3.58. The number of nitrogens with one attached hydrogen (secondary N) is 1. The van der Waals surface area contributed by atoms with Crippen LogP contribution in [0, 0.1) is 0 Å². The smallest absolute Gasteiger partial charge is 0.255 e. The molecule has 164 valence electrons. The fourth-order valence-electron chi connectivity index (χ4n) is 3.82. The molecule has 1 N–H and O–H groups in total. The van der Waals surface area contributed by atoms with Gasteiger partial charge in [-0.05, 0) is 41.5 Å². The number of nitrogens with zero attached hydrogens (tertiary/aromatic N) is 2. The molecule has 0 saturated carbocycles. The van der Waals surface area contributed by atoms with Gasteiger partial charge in [0.05, 0.1) is 31.7 Å². The van der Waals surface area contributed by atoms with Crippen LogP contribution in [0.3, 0.4) is 0 Å². The Labute approximate surface area is 190 Å². The van der Waals surface area contributed by atoms with E-state index in [2.05, 4.69) is 10.3 Å². The molecule has 1 atom stereocenters. The maximum Gasteiger partial charge on any atom is 0.255 e. The Kier molecular flexibility index (Phi) is 6.28. The zero-order chi connectivity index (χ0) is 22.7. The number of pyridine rings is 1. The molecule has 0 aliphatic carbocycles. The average Bonchev–Trinajstić information content (AvgIpc) is 3.15. The molecule has 7 nitrogen and oxygen atoms in total. The Balaban J connectivity index is 1.65. The summed E-state index contributed by atoms with van der Waals surface area (Å²) in [6, 6.07) is 15.7. The zero-order valence-electron chi connectivity index (χ0n) is 17.7. The van der Waals surface area contributed by atoms with Crippen molar-refractivity contribution in [3.8, 4) is 11.5 Å². The summed E-state index contributed by atoms with van der Waals surface area (Å²) in [5.74, 6) is 1.10. The summed E-state index contributed by atoms with van der Waals surface area (Å²) in [6.07, 6.45) is 1.50. The van der Waals surface area contributed by atoms with Gasteiger partial charge in [-0.1, -0.05) is 35.9 Å². The number of ether oxygens (including phenoxy) is 2. The van der Waals surface area contributed by atoms with Gasteiger partial charge in [0, 0.05) is 18.3 Å². The maximum absolute atomic E-state index is 13.2. The molecular weight excluding hydrogens is 430 g/mol. The molecule has 1 aliphatic rings. The van der Waals surface area contributed by atoms with Crippen LogP contribution in [-0.4, -0.2) is 35.9 Å². The highest BCUT2D eigenvalue weighted by atomic mass is 35.5. The van der Waals surface area contributed by atoms with Gasteiger partial charge in [-0.25, -0.2) is 4.98 Å². The van der Waals surface area contributed by atoms with Crippen LogP contribution in [0.25, 0.3) is 0 Å². The van der Waals surface area contributed by atoms with Gasteiger partial charge in [0.2, 0.25) is 5.91 Å². The van der Waals surface area contributed by atoms with E-state index in [0.29, 0.717) is 34.4 Å². The van der Waals surface area contributed by atoms with Gasteiger partial charge in [-0.15, -0.1) is 0 Å². The van der Waals surface area contributed by atoms with E-state index in [4.69, 9.17) is 21.1 Å². The largest absolute Gasteiger partial charge is 0.493 e. The Morgan fingerprint density at radius 2 is 1.91 bits per heavy atom. The third-order valence-corrected chi connectivity index (χ3v) is 5.62. The van der Waals surface area contributed by atoms with Crippen molar-refractivity contribution in [2.75, 3.05) is 19.5 Å². The second-order valence-corrected chi connectivity index (χ2v) is 7.77. The van der Waals surface area contributed by atoms with E-state index in [-0.39, 0.29) is 18.2 Å². The first kappa shape index (κ1) is 21.6. The highest BCUT2D eigenvalue weighted by Gasteiger charge is 2.34. The second kappa shape index (κ2) is 9.28. The normalized spacial score (nSPS) is 13.5. The number of anilines is 1. The minimum atomic E-state index is -0.512. The monoisotopic (exact) mass is 451 g/mol. The number of hydrogen-bond acceptors (Lipinski definition) is 5. The lowest BCUT2D eigenvalue weighted by molar-refractivity contribution is -0.117. The lowest BCUT2D eigenvalue weighted by Crippen LogP contribution is -2.32. The van der Waals surface area contributed by atoms with Crippen molar-refractivity contribution < 1.29 is 19.1 Å². The van der Waals surface area contributed by atoms with E-state index in [1.807, 2.05) is 24.3 Å². The van der Waals surface area contributed by atoms with Gasteiger partial charge in [0.15, 0.2) is 11.5 Å². The van der Waals surface area contributed by atoms with Crippen molar-refractivity contribution in [3.63, 3.8) is 0 Å². The van der Waals surface area contributed by atoms with Gasteiger partial charge in [-0.3, -0.25) is 9.59 Å². The number of benzene rings is 2. The Morgan fingerprint density at radius 1 is 1.12 bits per heavy atom. The topological polar surface area (TPSA) is 80.8 Å². The number of amides is 2. The summed E-state index contributed by atoms with van der Waals surface area (Å²) in [6.45, 7) is 0.417. The third kappa shape index (κ3) is 4.38. The first-order valence-corrected chi connectivity index (χ1v) is 10.4. The third-order valence-electron chi connectivity index (χ3n) is 5.39. The fraction of sp³-hybridized carbons (Fsp3) is 0.208. The number of carbonyl (C=O) groups is 2. The Bertz CT molecular complexity index is 1150. The van der Waals surface area contributed by atoms with Crippen molar-refractivity contribution in [3.05, 3.63) is 82.5 Å². The van der Waals surface area contributed by atoms with Crippen LogP contribution in [-0.2, 0) is 11.3 Å². The molecule has 0 radical (unpaired) electrons. The first-order valence-electron chi connectivity index (χ1n) is 10.0. The molecule has 2 heterocycles. The van der Waals surface area contributed by atoms with Gasteiger partial charge in [-0.2, -0.15) is 0 Å². The van der Waals surface area contributed by atoms with Crippen LogP contribution in [0.1, 0.15) is 33.9 Å². The molecule has 2 aromatic carbocycles.